The van der Waals surface area contributed by atoms with Crippen molar-refractivity contribution in [2.45, 2.75) is 17.2 Å². The van der Waals surface area contributed by atoms with Crippen molar-refractivity contribution < 1.29 is 4.42 Å². The Morgan fingerprint density at radius 3 is 2.94 bits per heavy atom. The van der Waals surface area contributed by atoms with Crippen LogP contribution in [0.1, 0.15) is 11.3 Å². The fourth-order valence-corrected chi connectivity index (χ4v) is 3.05. The molecule has 90 valence electrons. The van der Waals surface area contributed by atoms with Crippen molar-refractivity contribution in [1.29, 1.82) is 0 Å². The maximum atomic E-state index is 5.34. The Bertz CT molecular complexity index is 470. The van der Waals surface area contributed by atoms with E-state index in [1.165, 1.54) is 10.5 Å². The quantitative estimate of drug-likeness (QED) is 0.843. The number of benzene rings is 1. The van der Waals surface area contributed by atoms with E-state index in [4.69, 9.17) is 4.42 Å². The van der Waals surface area contributed by atoms with Crippen molar-refractivity contribution in [2.75, 3.05) is 7.05 Å². The molecule has 0 radical (unpaired) electrons. The van der Waals surface area contributed by atoms with E-state index in [0.29, 0.717) is 0 Å². The zero-order valence-electron chi connectivity index (χ0n) is 9.57. The lowest BCUT2D eigenvalue weighted by Crippen LogP contribution is -2.06. The van der Waals surface area contributed by atoms with Gasteiger partial charge in [0.2, 0.25) is 0 Å². The van der Waals surface area contributed by atoms with Crippen LogP contribution in [0.15, 0.2) is 50.4 Å². The normalized spacial score (nSPS) is 10.7. The predicted octanol–water partition coefficient (Wildman–Crippen LogP) is 4.05. The van der Waals surface area contributed by atoms with E-state index < -0.39 is 0 Å². The summed E-state index contributed by atoms with van der Waals surface area (Å²) in [6.07, 6.45) is 1.71. The average Bonchev–Trinajstić information content (AvgIpc) is 2.82. The molecule has 0 aliphatic carbocycles. The van der Waals surface area contributed by atoms with Gasteiger partial charge in [0.25, 0.3) is 0 Å². The van der Waals surface area contributed by atoms with E-state index >= 15 is 0 Å². The average molecular weight is 312 g/mol. The Balaban J connectivity index is 2.10. The van der Waals surface area contributed by atoms with Crippen LogP contribution < -0.4 is 5.32 Å². The van der Waals surface area contributed by atoms with Crippen molar-refractivity contribution in [3.8, 4) is 0 Å². The fourth-order valence-electron chi connectivity index (χ4n) is 1.54. The highest BCUT2D eigenvalue weighted by molar-refractivity contribution is 9.10. The lowest BCUT2D eigenvalue weighted by atomic mass is 10.2. The van der Waals surface area contributed by atoms with Crippen LogP contribution in [0.3, 0.4) is 0 Å². The molecule has 17 heavy (non-hydrogen) atoms. The van der Waals surface area contributed by atoms with Gasteiger partial charge in [-0.15, -0.1) is 11.8 Å². The molecule has 2 aromatic rings. The minimum atomic E-state index is 0.861. The molecule has 2 nitrogen and oxygen atoms in total. The van der Waals surface area contributed by atoms with Gasteiger partial charge in [-0.25, -0.2) is 0 Å². The zero-order valence-corrected chi connectivity index (χ0v) is 12.0. The van der Waals surface area contributed by atoms with Gasteiger partial charge in [-0.1, -0.05) is 22.0 Å². The van der Waals surface area contributed by atoms with E-state index in [1.807, 2.05) is 19.2 Å². The highest BCUT2D eigenvalue weighted by atomic mass is 79.9. The van der Waals surface area contributed by atoms with Crippen molar-refractivity contribution in [1.82, 2.24) is 5.32 Å². The van der Waals surface area contributed by atoms with Gasteiger partial charge in [0.05, 0.1) is 12.0 Å². The molecule has 0 bridgehead atoms. The van der Waals surface area contributed by atoms with E-state index in [0.717, 1.165) is 22.5 Å². The molecule has 0 saturated heterocycles. The molecule has 1 aromatic heterocycles. The molecule has 4 heteroatoms. The number of rotatable bonds is 5. The first-order valence-corrected chi connectivity index (χ1v) is 7.15. The van der Waals surface area contributed by atoms with Gasteiger partial charge >= 0.3 is 0 Å². The third kappa shape index (κ3) is 3.63. The second-order valence-corrected chi connectivity index (χ2v) is 5.58. The lowest BCUT2D eigenvalue weighted by Gasteiger charge is -2.08. The van der Waals surface area contributed by atoms with Gasteiger partial charge in [-0.05, 0) is 36.9 Å². The number of furan rings is 1. The molecule has 0 aliphatic heterocycles. The summed E-state index contributed by atoms with van der Waals surface area (Å²) in [6, 6.07) is 10.3. The minimum absolute atomic E-state index is 0.861. The van der Waals surface area contributed by atoms with Crippen molar-refractivity contribution >= 4 is 27.7 Å². The number of halogens is 1. The summed E-state index contributed by atoms with van der Waals surface area (Å²) >= 11 is 5.30. The monoisotopic (exact) mass is 311 g/mol. The topological polar surface area (TPSA) is 25.2 Å². The highest BCUT2D eigenvalue weighted by Gasteiger charge is 2.05. The molecule has 0 fully saturated rings. The van der Waals surface area contributed by atoms with E-state index in [-0.39, 0.29) is 0 Å². The summed E-state index contributed by atoms with van der Waals surface area (Å²) in [5.74, 6) is 1.87. The number of nitrogens with one attached hydrogen (secondary N) is 1. The van der Waals surface area contributed by atoms with Crippen LogP contribution in [0.2, 0.25) is 0 Å². The Kier molecular flexibility index (Phi) is 4.71. The molecule has 0 atom stereocenters. The highest BCUT2D eigenvalue weighted by Crippen LogP contribution is 2.29. The SMILES string of the molecule is CNCc1ccc(Br)cc1SCc1ccco1. The molecule has 2 rings (SSSR count). The van der Waals surface area contributed by atoms with Crippen molar-refractivity contribution in [2.24, 2.45) is 0 Å². The van der Waals surface area contributed by atoms with Crippen molar-refractivity contribution in [3.05, 3.63) is 52.4 Å². The molecule has 0 aliphatic rings. The number of hydrogen-bond donors (Lipinski definition) is 1. The summed E-state index contributed by atoms with van der Waals surface area (Å²) in [7, 11) is 1.96. The number of hydrogen-bond acceptors (Lipinski definition) is 3. The molecule has 1 aromatic carbocycles. The molecule has 0 saturated carbocycles. The molecular weight excluding hydrogens is 298 g/mol. The minimum Gasteiger partial charge on any atom is -0.468 e. The maximum absolute atomic E-state index is 5.34. The summed E-state index contributed by atoms with van der Waals surface area (Å²) in [5, 5.41) is 3.18. The Hall–Kier alpha value is -0.710. The summed E-state index contributed by atoms with van der Waals surface area (Å²) in [5.41, 5.74) is 1.31. The Morgan fingerprint density at radius 1 is 1.35 bits per heavy atom. The van der Waals surface area contributed by atoms with Crippen LogP contribution in [-0.2, 0) is 12.3 Å². The Morgan fingerprint density at radius 2 is 2.24 bits per heavy atom. The van der Waals surface area contributed by atoms with Gasteiger partial charge in [-0.3, -0.25) is 0 Å². The van der Waals surface area contributed by atoms with Gasteiger partial charge in [0.1, 0.15) is 5.76 Å². The van der Waals surface area contributed by atoms with E-state index in [2.05, 4.69) is 39.4 Å². The summed E-state index contributed by atoms with van der Waals surface area (Å²) in [4.78, 5) is 1.28. The molecule has 0 unspecified atom stereocenters. The summed E-state index contributed by atoms with van der Waals surface area (Å²) in [6.45, 7) is 0.883. The second-order valence-electron chi connectivity index (χ2n) is 3.65. The van der Waals surface area contributed by atoms with Crippen LogP contribution in [0, 0.1) is 0 Å². The van der Waals surface area contributed by atoms with Gasteiger partial charge in [0, 0.05) is 15.9 Å². The first-order valence-electron chi connectivity index (χ1n) is 5.38. The number of thioether (sulfide) groups is 1. The molecule has 1 N–H and O–H groups in total. The standard InChI is InChI=1S/C13H14BrNOS/c1-15-8-10-4-5-11(14)7-13(10)17-9-12-3-2-6-16-12/h2-7,15H,8-9H2,1H3. The predicted molar refractivity (Wildman–Crippen MR) is 75.2 cm³/mol. The largest absolute Gasteiger partial charge is 0.468 e. The van der Waals surface area contributed by atoms with Crippen LogP contribution in [0.25, 0.3) is 0 Å². The van der Waals surface area contributed by atoms with Gasteiger partial charge in [0.15, 0.2) is 0 Å². The third-order valence-corrected chi connectivity index (χ3v) is 3.96. The zero-order chi connectivity index (χ0) is 12.1. The molecule has 0 spiro atoms. The van der Waals surface area contributed by atoms with Crippen LogP contribution in [0.4, 0.5) is 0 Å². The van der Waals surface area contributed by atoms with E-state index in [1.54, 1.807) is 18.0 Å². The molecule has 1 heterocycles. The third-order valence-electron chi connectivity index (χ3n) is 2.35. The maximum Gasteiger partial charge on any atom is 0.113 e. The first-order chi connectivity index (χ1) is 8.29. The fraction of sp³-hybridized carbons (Fsp3) is 0.231. The lowest BCUT2D eigenvalue weighted by molar-refractivity contribution is 0.530. The van der Waals surface area contributed by atoms with Gasteiger partial charge < -0.3 is 9.73 Å². The van der Waals surface area contributed by atoms with Crippen LogP contribution in [-0.4, -0.2) is 7.05 Å². The van der Waals surface area contributed by atoms with Crippen molar-refractivity contribution in [3.63, 3.8) is 0 Å². The molecular formula is C13H14BrNOS. The molecule has 0 amide bonds. The Labute approximate surface area is 114 Å². The van der Waals surface area contributed by atoms with Crippen LogP contribution in [0.5, 0.6) is 0 Å². The van der Waals surface area contributed by atoms with Crippen LogP contribution >= 0.6 is 27.7 Å². The summed E-state index contributed by atoms with van der Waals surface area (Å²) < 4.78 is 6.45. The van der Waals surface area contributed by atoms with Gasteiger partial charge in [-0.2, -0.15) is 0 Å². The first kappa shape index (κ1) is 12.7. The van der Waals surface area contributed by atoms with E-state index in [9.17, 15) is 0 Å². The smallest absolute Gasteiger partial charge is 0.113 e. The second kappa shape index (κ2) is 6.28.